The summed E-state index contributed by atoms with van der Waals surface area (Å²) in [6.07, 6.45) is 5.48. The molecule has 0 heterocycles. The number of nitrogens with two attached hydrogens (primary N) is 1. The van der Waals surface area contributed by atoms with Gasteiger partial charge in [-0.15, -0.1) is 12.4 Å². The van der Waals surface area contributed by atoms with E-state index in [4.69, 9.17) is 5.73 Å². The maximum atomic E-state index is 13.6. The van der Waals surface area contributed by atoms with Crippen LogP contribution in [-0.4, -0.2) is 18.5 Å². The second-order valence-corrected chi connectivity index (χ2v) is 6.97. The lowest BCUT2D eigenvalue weighted by molar-refractivity contribution is -0.127. The molecule has 2 aliphatic carbocycles. The van der Waals surface area contributed by atoms with Gasteiger partial charge >= 0.3 is 0 Å². The molecule has 1 amide bonds. The molecule has 1 aromatic carbocycles. The molecular formula is C18H25ClF2N2O. The van der Waals surface area contributed by atoms with Crippen LogP contribution in [0.4, 0.5) is 8.78 Å². The van der Waals surface area contributed by atoms with Gasteiger partial charge in [0.1, 0.15) is 11.6 Å². The fraction of sp³-hybridized carbons (Fsp3) is 0.611. The molecular weight excluding hydrogens is 334 g/mol. The molecule has 134 valence electrons. The standard InChI is InChI=1S/C18H24F2N2O.ClH/c19-15-4-5-16(20)11(10-15)6-7-22-18(23)14-8-12-2-1-3-13(9-14)17(12)21;/h4-5,10,12-14,17H,1-3,6-9,21H2,(H,22,23);1H. The largest absolute Gasteiger partial charge is 0.356 e. The number of fused-ring (bicyclic) bond motifs is 2. The van der Waals surface area contributed by atoms with Crippen molar-refractivity contribution in [1.29, 1.82) is 0 Å². The molecule has 3 N–H and O–H groups in total. The lowest BCUT2D eigenvalue weighted by atomic mass is 9.65. The monoisotopic (exact) mass is 358 g/mol. The molecule has 3 rings (SSSR count). The number of halogens is 3. The molecule has 2 bridgehead atoms. The normalized spacial score (nSPS) is 28.8. The van der Waals surface area contributed by atoms with Crippen LogP contribution in [0.1, 0.15) is 37.7 Å². The predicted molar refractivity (Wildman–Crippen MR) is 91.9 cm³/mol. The molecule has 0 spiro atoms. The number of nitrogens with one attached hydrogen (secondary N) is 1. The minimum atomic E-state index is -0.457. The minimum absolute atomic E-state index is 0. The zero-order valence-corrected chi connectivity index (χ0v) is 14.5. The zero-order valence-electron chi connectivity index (χ0n) is 13.6. The number of amides is 1. The number of rotatable bonds is 4. The van der Waals surface area contributed by atoms with Crippen molar-refractivity contribution in [2.24, 2.45) is 23.5 Å². The lowest BCUT2D eigenvalue weighted by Crippen LogP contribution is -2.49. The van der Waals surface area contributed by atoms with Gasteiger partial charge in [0.05, 0.1) is 0 Å². The van der Waals surface area contributed by atoms with E-state index in [0.29, 0.717) is 30.4 Å². The van der Waals surface area contributed by atoms with E-state index in [1.54, 1.807) is 0 Å². The van der Waals surface area contributed by atoms with Crippen LogP contribution in [0.15, 0.2) is 18.2 Å². The summed E-state index contributed by atoms with van der Waals surface area (Å²) < 4.78 is 26.7. The first-order valence-electron chi connectivity index (χ1n) is 8.52. The third-order valence-electron chi connectivity index (χ3n) is 5.49. The van der Waals surface area contributed by atoms with E-state index in [-0.39, 0.29) is 30.3 Å². The SMILES string of the molecule is Cl.NC1C2CCCC1CC(C(=O)NCCc1cc(F)ccc1F)C2. The summed E-state index contributed by atoms with van der Waals surface area (Å²) in [6.45, 7) is 0.330. The van der Waals surface area contributed by atoms with E-state index in [0.717, 1.165) is 37.8 Å². The van der Waals surface area contributed by atoms with E-state index in [1.165, 1.54) is 12.5 Å². The molecule has 2 fully saturated rings. The topological polar surface area (TPSA) is 55.1 Å². The van der Waals surface area contributed by atoms with Crippen molar-refractivity contribution in [2.75, 3.05) is 6.54 Å². The molecule has 0 aliphatic heterocycles. The van der Waals surface area contributed by atoms with Crippen LogP contribution in [0.3, 0.4) is 0 Å². The van der Waals surface area contributed by atoms with Crippen LogP contribution in [0.25, 0.3) is 0 Å². The molecule has 2 aliphatic rings. The Kier molecular flexibility index (Phi) is 6.58. The predicted octanol–water partition coefficient (Wildman–Crippen LogP) is 3.20. The Morgan fingerprint density at radius 3 is 2.54 bits per heavy atom. The number of benzene rings is 1. The molecule has 3 nitrogen and oxygen atoms in total. The van der Waals surface area contributed by atoms with E-state index in [2.05, 4.69) is 5.32 Å². The number of carbonyl (C=O) groups is 1. The molecule has 2 atom stereocenters. The second kappa shape index (κ2) is 8.26. The van der Waals surface area contributed by atoms with Gasteiger partial charge in [0.15, 0.2) is 0 Å². The first kappa shape index (κ1) is 19.1. The maximum Gasteiger partial charge on any atom is 0.223 e. The highest BCUT2D eigenvalue weighted by Gasteiger charge is 2.40. The molecule has 0 radical (unpaired) electrons. The van der Waals surface area contributed by atoms with Crippen LogP contribution in [0, 0.1) is 29.4 Å². The van der Waals surface area contributed by atoms with Gasteiger partial charge in [-0.05, 0) is 67.7 Å². The fourth-order valence-electron chi connectivity index (χ4n) is 4.20. The minimum Gasteiger partial charge on any atom is -0.356 e. The van der Waals surface area contributed by atoms with Crippen molar-refractivity contribution in [1.82, 2.24) is 5.32 Å². The fourth-order valence-corrected chi connectivity index (χ4v) is 4.20. The van der Waals surface area contributed by atoms with Crippen molar-refractivity contribution in [3.8, 4) is 0 Å². The first-order chi connectivity index (χ1) is 11.0. The highest BCUT2D eigenvalue weighted by atomic mass is 35.5. The van der Waals surface area contributed by atoms with Gasteiger partial charge in [0.25, 0.3) is 0 Å². The second-order valence-electron chi connectivity index (χ2n) is 6.97. The number of hydrogen-bond donors (Lipinski definition) is 2. The van der Waals surface area contributed by atoms with Gasteiger partial charge in [0.2, 0.25) is 5.91 Å². The van der Waals surface area contributed by atoms with Crippen LogP contribution >= 0.6 is 12.4 Å². The Bertz CT molecular complexity index is 570. The summed E-state index contributed by atoms with van der Waals surface area (Å²) >= 11 is 0. The van der Waals surface area contributed by atoms with E-state index in [1.807, 2.05) is 0 Å². The molecule has 0 saturated heterocycles. The van der Waals surface area contributed by atoms with Gasteiger partial charge in [-0.3, -0.25) is 4.79 Å². The third kappa shape index (κ3) is 4.25. The molecule has 6 heteroatoms. The first-order valence-corrected chi connectivity index (χ1v) is 8.52. The zero-order chi connectivity index (χ0) is 16.4. The van der Waals surface area contributed by atoms with E-state index in [9.17, 15) is 13.6 Å². The summed E-state index contributed by atoms with van der Waals surface area (Å²) in [7, 11) is 0. The number of carbonyl (C=O) groups excluding carboxylic acids is 1. The average Bonchev–Trinajstić information content (AvgIpc) is 2.50. The summed E-state index contributed by atoms with van der Waals surface area (Å²) in [5.74, 6) is 0.0755. The van der Waals surface area contributed by atoms with Gasteiger partial charge in [-0.2, -0.15) is 0 Å². The average molecular weight is 359 g/mol. The third-order valence-corrected chi connectivity index (χ3v) is 5.49. The summed E-state index contributed by atoms with van der Waals surface area (Å²) in [5, 5.41) is 2.88. The van der Waals surface area contributed by atoms with Crippen molar-refractivity contribution < 1.29 is 13.6 Å². The number of hydrogen-bond acceptors (Lipinski definition) is 2. The van der Waals surface area contributed by atoms with Crippen molar-refractivity contribution >= 4 is 18.3 Å². The Hall–Kier alpha value is -1.20. The van der Waals surface area contributed by atoms with Crippen LogP contribution in [0.5, 0.6) is 0 Å². The van der Waals surface area contributed by atoms with Crippen molar-refractivity contribution in [3.63, 3.8) is 0 Å². The van der Waals surface area contributed by atoms with Gasteiger partial charge < -0.3 is 11.1 Å². The summed E-state index contributed by atoms with van der Waals surface area (Å²) in [4.78, 5) is 12.4. The van der Waals surface area contributed by atoms with Crippen molar-refractivity contribution in [3.05, 3.63) is 35.4 Å². The van der Waals surface area contributed by atoms with Gasteiger partial charge in [0, 0.05) is 18.5 Å². The highest BCUT2D eigenvalue weighted by molar-refractivity contribution is 5.85. The van der Waals surface area contributed by atoms with E-state index >= 15 is 0 Å². The van der Waals surface area contributed by atoms with E-state index < -0.39 is 11.6 Å². The molecule has 2 saturated carbocycles. The Morgan fingerprint density at radius 2 is 1.88 bits per heavy atom. The van der Waals surface area contributed by atoms with Crippen LogP contribution < -0.4 is 11.1 Å². The van der Waals surface area contributed by atoms with Crippen LogP contribution in [-0.2, 0) is 11.2 Å². The quantitative estimate of drug-likeness (QED) is 0.868. The van der Waals surface area contributed by atoms with Gasteiger partial charge in [-0.25, -0.2) is 8.78 Å². The molecule has 2 unspecified atom stereocenters. The molecule has 0 aromatic heterocycles. The smallest absolute Gasteiger partial charge is 0.223 e. The highest BCUT2D eigenvalue weighted by Crippen LogP contribution is 2.41. The Labute approximate surface area is 147 Å². The lowest BCUT2D eigenvalue weighted by Gasteiger charge is -2.43. The molecule has 24 heavy (non-hydrogen) atoms. The van der Waals surface area contributed by atoms with Gasteiger partial charge in [-0.1, -0.05) is 6.42 Å². The van der Waals surface area contributed by atoms with Crippen molar-refractivity contribution in [2.45, 2.75) is 44.6 Å². The Balaban J connectivity index is 0.00000208. The maximum absolute atomic E-state index is 13.6. The molecule has 1 aromatic rings. The summed E-state index contributed by atoms with van der Waals surface area (Å²) in [6, 6.07) is 3.65. The van der Waals surface area contributed by atoms with Crippen LogP contribution in [0.2, 0.25) is 0 Å². The summed E-state index contributed by atoms with van der Waals surface area (Å²) in [5.41, 5.74) is 6.54. The Morgan fingerprint density at radius 1 is 1.21 bits per heavy atom.